The first kappa shape index (κ1) is 16.5. The van der Waals surface area contributed by atoms with Gasteiger partial charge in [0.2, 0.25) is 0 Å². The number of amides is 1. The lowest BCUT2D eigenvalue weighted by Crippen LogP contribution is -2.12. The van der Waals surface area contributed by atoms with Gasteiger partial charge in [-0.05, 0) is 48.6 Å². The quantitative estimate of drug-likeness (QED) is 0.483. The third-order valence-corrected chi connectivity index (χ3v) is 4.17. The Kier molecular flexibility index (Phi) is 4.37. The van der Waals surface area contributed by atoms with E-state index in [-0.39, 0.29) is 5.91 Å². The predicted molar refractivity (Wildman–Crippen MR) is 108 cm³/mol. The zero-order valence-corrected chi connectivity index (χ0v) is 14.4. The maximum absolute atomic E-state index is 12.4. The summed E-state index contributed by atoms with van der Waals surface area (Å²) in [7, 11) is 0. The maximum atomic E-state index is 12.4. The molecule has 0 bridgehead atoms. The van der Waals surface area contributed by atoms with Crippen molar-refractivity contribution in [3.8, 4) is 0 Å². The Morgan fingerprint density at radius 1 is 1.07 bits per heavy atom. The van der Waals surface area contributed by atoms with Crippen LogP contribution in [0.25, 0.3) is 23.1 Å². The number of H-pyrrole nitrogens is 1. The van der Waals surface area contributed by atoms with Gasteiger partial charge in [0.1, 0.15) is 0 Å². The highest BCUT2D eigenvalue weighted by Crippen LogP contribution is 2.22. The van der Waals surface area contributed by atoms with E-state index in [0.717, 1.165) is 22.2 Å². The van der Waals surface area contributed by atoms with Crippen molar-refractivity contribution in [2.24, 2.45) is 0 Å². The molecular formula is C21H17N5O. The smallest absolute Gasteiger partial charge is 0.255 e. The molecule has 27 heavy (non-hydrogen) atoms. The van der Waals surface area contributed by atoms with Gasteiger partial charge in [0, 0.05) is 34.6 Å². The van der Waals surface area contributed by atoms with Gasteiger partial charge in [-0.3, -0.25) is 14.9 Å². The number of carbonyl (C=O) groups is 1. The van der Waals surface area contributed by atoms with Crippen LogP contribution in [0.5, 0.6) is 0 Å². The predicted octanol–water partition coefficient (Wildman–Crippen LogP) is 3.96. The van der Waals surface area contributed by atoms with Crippen LogP contribution in [-0.2, 0) is 0 Å². The molecule has 6 heteroatoms. The summed E-state index contributed by atoms with van der Waals surface area (Å²) in [5.41, 5.74) is 10.3. The van der Waals surface area contributed by atoms with Crippen LogP contribution in [0.2, 0.25) is 0 Å². The summed E-state index contributed by atoms with van der Waals surface area (Å²) in [6.45, 7) is 0. The van der Waals surface area contributed by atoms with E-state index in [0.29, 0.717) is 16.9 Å². The van der Waals surface area contributed by atoms with Gasteiger partial charge >= 0.3 is 0 Å². The molecule has 2 aromatic heterocycles. The summed E-state index contributed by atoms with van der Waals surface area (Å²) in [6.07, 6.45) is 7.07. The molecule has 2 heterocycles. The van der Waals surface area contributed by atoms with Crippen LogP contribution in [0.1, 0.15) is 21.6 Å². The first-order valence-corrected chi connectivity index (χ1v) is 8.43. The van der Waals surface area contributed by atoms with E-state index >= 15 is 0 Å². The minimum absolute atomic E-state index is 0.172. The Morgan fingerprint density at radius 3 is 2.78 bits per heavy atom. The molecule has 0 aliphatic heterocycles. The van der Waals surface area contributed by atoms with E-state index in [4.69, 9.17) is 5.73 Å². The summed E-state index contributed by atoms with van der Waals surface area (Å²) < 4.78 is 0. The first-order valence-electron chi connectivity index (χ1n) is 8.43. The third kappa shape index (κ3) is 3.55. The van der Waals surface area contributed by atoms with Gasteiger partial charge in [-0.2, -0.15) is 5.10 Å². The molecule has 4 aromatic rings. The minimum atomic E-state index is -0.172. The Labute approximate surface area is 155 Å². The number of aromatic amines is 1. The molecule has 2 aromatic carbocycles. The Bertz CT molecular complexity index is 1130. The Morgan fingerprint density at radius 2 is 1.93 bits per heavy atom. The molecule has 1 amide bonds. The number of aromatic nitrogens is 3. The minimum Gasteiger partial charge on any atom is -0.399 e. The third-order valence-electron chi connectivity index (χ3n) is 4.17. The number of hydrogen-bond donors (Lipinski definition) is 3. The van der Waals surface area contributed by atoms with Crippen LogP contribution in [0.3, 0.4) is 0 Å². The molecule has 0 unspecified atom stereocenters. The van der Waals surface area contributed by atoms with Crippen molar-refractivity contribution in [2.75, 3.05) is 11.1 Å². The van der Waals surface area contributed by atoms with E-state index in [1.54, 1.807) is 30.6 Å². The van der Waals surface area contributed by atoms with Gasteiger partial charge in [-0.15, -0.1) is 0 Å². The summed E-state index contributed by atoms with van der Waals surface area (Å²) >= 11 is 0. The van der Waals surface area contributed by atoms with Gasteiger partial charge in [-0.25, -0.2) is 0 Å². The highest BCUT2D eigenvalue weighted by atomic mass is 16.1. The molecule has 0 aliphatic carbocycles. The number of benzene rings is 2. The van der Waals surface area contributed by atoms with Crippen molar-refractivity contribution in [1.29, 1.82) is 0 Å². The molecule has 4 N–H and O–H groups in total. The van der Waals surface area contributed by atoms with Crippen LogP contribution in [-0.4, -0.2) is 21.1 Å². The highest BCUT2D eigenvalue weighted by Gasteiger charge is 2.08. The molecule has 0 aliphatic rings. The van der Waals surface area contributed by atoms with E-state index in [9.17, 15) is 4.79 Å². The Balaban J connectivity index is 1.62. The number of pyridine rings is 1. The molecule has 0 atom stereocenters. The fourth-order valence-corrected chi connectivity index (χ4v) is 2.79. The lowest BCUT2D eigenvalue weighted by Gasteiger charge is -2.08. The van der Waals surface area contributed by atoms with Crippen LogP contribution >= 0.6 is 0 Å². The maximum Gasteiger partial charge on any atom is 0.255 e. The van der Waals surface area contributed by atoms with Crippen molar-refractivity contribution in [3.05, 3.63) is 83.8 Å². The average molecular weight is 355 g/mol. The molecule has 0 saturated heterocycles. The van der Waals surface area contributed by atoms with Crippen molar-refractivity contribution >= 4 is 40.3 Å². The summed E-state index contributed by atoms with van der Waals surface area (Å²) in [4.78, 5) is 16.6. The van der Waals surface area contributed by atoms with Crippen molar-refractivity contribution in [1.82, 2.24) is 15.2 Å². The largest absolute Gasteiger partial charge is 0.399 e. The molecule has 0 fully saturated rings. The fourth-order valence-electron chi connectivity index (χ4n) is 2.79. The molecule has 132 valence electrons. The molecular weight excluding hydrogens is 338 g/mol. The standard InChI is InChI=1S/C21H17N5O/c22-16-7-9-20-17(12-16)19(25-26-20)8-6-15-13-23-11-10-18(15)24-21(27)14-4-2-1-3-5-14/h1-13H,22H2,(H,25,26)(H,23,24,27)/b8-6+. The van der Waals surface area contributed by atoms with Crippen molar-refractivity contribution in [2.45, 2.75) is 0 Å². The zero-order chi connectivity index (χ0) is 18.6. The molecule has 0 saturated carbocycles. The number of nitrogen functional groups attached to an aromatic ring is 1. The number of anilines is 2. The van der Waals surface area contributed by atoms with Crippen molar-refractivity contribution < 1.29 is 4.79 Å². The van der Waals surface area contributed by atoms with Gasteiger partial charge in [0.05, 0.1) is 16.9 Å². The van der Waals surface area contributed by atoms with E-state index in [2.05, 4.69) is 20.5 Å². The number of rotatable bonds is 4. The topological polar surface area (TPSA) is 96.7 Å². The monoisotopic (exact) mass is 355 g/mol. The SMILES string of the molecule is Nc1ccc2[nH]nc(/C=C/c3cnccc3NC(=O)c3ccccc3)c2c1. The number of nitrogens with one attached hydrogen (secondary N) is 2. The van der Waals surface area contributed by atoms with E-state index < -0.39 is 0 Å². The Hall–Kier alpha value is -3.93. The molecule has 6 nitrogen and oxygen atoms in total. The second-order valence-corrected chi connectivity index (χ2v) is 6.03. The first-order chi connectivity index (χ1) is 13.2. The number of nitrogens with zero attached hydrogens (tertiary/aromatic N) is 2. The summed E-state index contributed by atoms with van der Waals surface area (Å²) in [5.74, 6) is -0.172. The fraction of sp³-hybridized carbons (Fsp3) is 0. The van der Waals surface area contributed by atoms with Gasteiger partial charge in [0.15, 0.2) is 0 Å². The average Bonchev–Trinajstić information content (AvgIpc) is 3.10. The number of carbonyl (C=O) groups excluding carboxylic acids is 1. The second-order valence-electron chi connectivity index (χ2n) is 6.03. The number of nitrogens with two attached hydrogens (primary N) is 1. The second kappa shape index (κ2) is 7.13. The normalized spacial score (nSPS) is 11.1. The molecule has 4 rings (SSSR count). The van der Waals surface area contributed by atoms with Crippen LogP contribution in [0.15, 0.2) is 67.0 Å². The molecule has 0 radical (unpaired) electrons. The van der Waals surface area contributed by atoms with Crippen LogP contribution in [0, 0.1) is 0 Å². The van der Waals surface area contributed by atoms with Crippen LogP contribution < -0.4 is 11.1 Å². The lowest BCUT2D eigenvalue weighted by molar-refractivity contribution is 0.102. The van der Waals surface area contributed by atoms with E-state index in [1.165, 1.54) is 0 Å². The van der Waals surface area contributed by atoms with E-state index in [1.807, 2.05) is 48.6 Å². The lowest BCUT2D eigenvalue weighted by atomic mass is 10.1. The number of fused-ring (bicyclic) bond motifs is 1. The van der Waals surface area contributed by atoms with Gasteiger partial charge < -0.3 is 11.1 Å². The highest BCUT2D eigenvalue weighted by molar-refractivity contribution is 6.05. The van der Waals surface area contributed by atoms with Crippen LogP contribution in [0.4, 0.5) is 11.4 Å². The zero-order valence-electron chi connectivity index (χ0n) is 14.4. The van der Waals surface area contributed by atoms with Gasteiger partial charge in [-0.1, -0.05) is 18.2 Å². The summed E-state index contributed by atoms with van der Waals surface area (Å²) in [6, 6.07) is 16.4. The van der Waals surface area contributed by atoms with Crippen molar-refractivity contribution in [3.63, 3.8) is 0 Å². The molecule has 0 spiro atoms. The number of hydrogen-bond acceptors (Lipinski definition) is 4. The summed E-state index contributed by atoms with van der Waals surface area (Å²) in [5, 5.41) is 11.2. The van der Waals surface area contributed by atoms with Gasteiger partial charge in [0.25, 0.3) is 5.91 Å².